The van der Waals surface area contributed by atoms with Gasteiger partial charge in [0.15, 0.2) is 0 Å². The summed E-state index contributed by atoms with van der Waals surface area (Å²) in [6, 6.07) is 8.72. The van der Waals surface area contributed by atoms with Crippen molar-refractivity contribution in [3.63, 3.8) is 0 Å². The summed E-state index contributed by atoms with van der Waals surface area (Å²) in [5, 5.41) is 0. The molecule has 0 spiro atoms. The van der Waals surface area contributed by atoms with Crippen molar-refractivity contribution in [1.29, 1.82) is 0 Å². The molecule has 1 aliphatic heterocycles. The van der Waals surface area contributed by atoms with Crippen molar-refractivity contribution in [2.24, 2.45) is 5.41 Å². The van der Waals surface area contributed by atoms with Crippen LogP contribution in [-0.4, -0.2) is 7.05 Å². The van der Waals surface area contributed by atoms with Gasteiger partial charge in [0.05, 0.1) is 0 Å². The average Bonchev–Trinajstić information content (AvgIpc) is 2.50. The molecule has 0 fully saturated rings. The van der Waals surface area contributed by atoms with Crippen molar-refractivity contribution in [1.82, 2.24) is 0 Å². The van der Waals surface area contributed by atoms with E-state index in [0.717, 1.165) is 0 Å². The van der Waals surface area contributed by atoms with E-state index in [0.29, 0.717) is 0 Å². The maximum atomic E-state index is 2.42. The topological polar surface area (TPSA) is 3.24 Å². The van der Waals surface area contributed by atoms with Crippen LogP contribution in [0.1, 0.15) is 47.1 Å². The molecule has 1 heteroatoms. The second kappa shape index (κ2) is 4.80. The Morgan fingerprint density at radius 3 is 2.30 bits per heavy atom. The van der Waals surface area contributed by atoms with Crippen LogP contribution >= 0.6 is 0 Å². The van der Waals surface area contributed by atoms with Crippen LogP contribution in [0.4, 0.5) is 5.69 Å². The van der Waals surface area contributed by atoms with E-state index in [9.17, 15) is 0 Å². The third-order valence-corrected chi connectivity index (χ3v) is 4.11. The fraction of sp³-hybridized carbons (Fsp3) is 0.474. The van der Waals surface area contributed by atoms with Crippen LogP contribution in [0, 0.1) is 5.41 Å². The van der Waals surface area contributed by atoms with Gasteiger partial charge in [-0.15, -0.1) is 0 Å². The second-order valence-corrected chi connectivity index (χ2v) is 7.27. The number of nitrogens with zero attached hydrogens (tertiary/aromatic N) is 1. The average molecular weight is 269 g/mol. The molecule has 0 unspecified atom stereocenters. The zero-order valence-corrected chi connectivity index (χ0v) is 13.9. The SMILES string of the molecule is CC(C)=CC(C)(C)/C=C1/N(C)c2ccccc2C1(C)C. The molecule has 0 atom stereocenters. The number of para-hydroxylation sites is 1. The molecule has 0 radical (unpaired) electrons. The van der Waals surface area contributed by atoms with Crippen LogP contribution in [0.5, 0.6) is 0 Å². The maximum Gasteiger partial charge on any atom is 0.0447 e. The molecule has 0 saturated carbocycles. The van der Waals surface area contributed by atoms with Gasteiger partial charge in [-0.2, -0.15) is 0 Å². The minimum Gasteiger partial charge on any atom is -0.347 e. The molecular weight excluding hydrogens is 242 g/mol. The number of allylic oxidation sites excluding steroid dienone is 4. The second-order valence-electron chi connectivity index (χ2n) is 7.27. The quantitative estimate of drug-likeness (QED) is 0.659. The summed E-state index contributed by atoms with van der Waals surface area (Å²) in [5.41, 5.74) is 5.64. The Balaban J connectivity index is 2.53. The summed E-state index contributed by atoms with van der Waals surface area (Å²) in [6.07, 6.45) is 4.76. The lowest BCUT2D eigenvalue weighted by Crippen LogP contribution is -2.25. The summed E-state index contributed by atoms with van der Waals surface area (Å²) >= 11 is 0. The van der Waals surface area contributed by atoms with Crippen LogP contribution in [0.25, 0.3) is 0 Å². The first kappa shape index (κ1) is 14.9. The summed E-state index contributed by atoms with van der Waals surface area (Å²) < 4.78 is 0. The first-order chi connectivity index (χ1) is 9.15. The number of hydrogen-bond acceptors (Lipinski definition) is 1. The summed E-state index contributed by atoms with van der Waals surface area (Å²) in [5.74, 6) is 0. The van der Waals surface area contributed by atoms with Crippen molar-refractivity contribution in [3.05, 3.63) is 53.3 Å². The van der Waals surface area contributed by atoms with E-state index >= 15 is 0 Å². The zero-order valence-electron chi connectivity index (χ0n) is 13.9. The number of fused-ring (bicyclic) bond motifs is 1. The van der Waals surface area contributed by atoms with E-state index in [1.54, 1.807) is 0 Å². The van der Waals surface area contributed by atoms with Gasteiger partial charge in [0.2, 0.25) is 0 Å². The first-order valence-corrected chi connectivity index (χ1v) is 7.38. The molecule has 0 bridgehead atoms. The lowest BCUT2D eigenvalue weighted by Gasteiger charge is -2.28. The van der Waals surface area contributed by atoms with E-state index < -0.39 is 0 Å². The minimum absolute atomic E-state index is 0.0676. The van der Waals surface area contributed by atoms with Crippen molar-refractivity contribution >= 4 is 5.69 Å². The van der Waals surface area contributed by atoms with E-state index in [-0.39, 0.29) is 10.8 Å². The van der Waals surface area contributed by atoms with Crippen molar-refractivity contribution in [3.8, 4) is 0 Å². The van der Waals surface area contributed by atoms with Gasteiger partial charge >= 0.3 is 0 Å². The predicted molar refractivity (Wildman–Crippen MR) is 89.2 cm³/mol. The van der Waals surface area contributed by atoms with Gasteiger partial charge in [0.25, 0.3) is 0 Å². The number of anilines is 1. The number of likely N-dealkylation sites (N-methyl/N-ethyl adjacent to an activating group) is 1. The lowest BCUT2D eigenvalue weighted by molar-refractivity contribution is 0.574. The molecule has 20 heavy (non-hydrogen) atoms. The molecule has 1 heterocycles. The van der Waals surface area contributed by atoms with Gasteiger partial charge in [-0.1, -0.05) is 63.6 Å². The molecule has 1 aliphatic rings. The van der Waals surface area contributed by atoms with Crippen LogP contribution < -0.4 is 4.90 Å². The molecule has 1 aromatic rings. The summed E-state index contributed by atoms with van der Waals surface area (Å²) in [6.45, 7) is 13.5. The van der Waals surface area contributed by atoms with Crippen LogP contribution in [0.2, 0.25) is 0 Å². The fourth-order valence-corrected chi connectivity index (χ4v) is 3.40. The third-order valence-electron chi connectivity index (χ3n) is 4.11. The van der Waals surface area contributed by atoms with Gasteiger partial charge in [0.1, 0.15) is 0 Å². The Bertz CT molecular complexity index is 569. The van der Waals surface area contributed by atoms with Gasteiger partial charge in [-0.25, -0.2) is 0 Å². The highest BCUT2D eigenvalue weighted by Gasteiger charge is 2.38. The molecular formula is C19H27N. The Morgan fingerprint density at radius 2 is 1.75 bits per heavy atom. The minimum atomic E-state index is 0.0676. The van der Waals surface area contributed by atoms with Crippen LogP contribution in [-0.2, 0) is 5.41 Å². The number of rotatable bonds is 2. The van der Waals surface area contributed by atoms with E-state index in [2.05, 4.69) is 89.9 Å². The smallest absolute Gasteiger partial charge is 0.0447 e. The van der Waals surface area contributed by atoms with Crippen LogP contribution in [0.15, 0.2) is 47.7 Å². The normalized spacial score (nSPS) is 19.1. The van der Waals surface area contributed by atoms with Gasteiger partial charge in [0, 0.05) is 29.3 Å². The molecule has 0 aromatic heterocycles. The zero-order chi connectivity index (χ0) is 15.1. The van der Waals surface area contributed by atoms with Crippen LogP contribution in [0.3, 0.4) is 0 Å². The van der Waals surface area contributed by atoms with Crippen molar-refractivity contribution < 1.29 is 0 Å². The van der Waals surface area contributed by atoms with Crippen molar-refractivity contribution in [2.75, 3.05) is 11.9 Å². The molecule has 0 aliphatic carbocycles. The third kappa shape index (κ3) is 2.54. The van der Waals surface area contributed by atoms with Gasteiger partial charge in [-0.3, -0.25) is 0 Å². The fourth-order valence-electron chi connectivity index (χ4n) is 3.40. The highest BCUT2D eigenvalue weighted by Crippen LogP contribution is 2.47. The van der Waals surface area contributed by atoms with Gasteiger partial charge < -0.3 is 4.90 Å². The lowest BCUT2D eigenvalue weighted by atomic mass is 9.80. The Labute approximate surface area is 124 Å². The Morgan fingerprint density at radius 1 is 1.15 bits per heavy atom. The molecule has 1 aromatic carbocycles. The number of benzene rings is 1. The van der Waals surface area contributed by atoms with Gasteiger partial charge in [-0.05, 0) is 25.5 Å². The van der Waals surface area contributed by atoms with E-state index in [4.69, 9.17) is 0 Å². The molecule has 108 valence electrons. The molecule has 0 N–H and O–H groups in total. The van der Waals surface area contributed by atoms with E-state index in [1.165, 1.54) is 22.5 Å². The predicted octanol–water partition coefficient (Wildman–Crippen LogP) is 5.29. The number of hydrogen-bond donors (Lipinski definition) is 0. The molecule has 0 saturated heterocycles. The first-order valence-electron chi connectivity index (χ1n) is 7.38. The summed E-state index contributed by atoms with van der Waals surface area (Å²) in [4.78, 5) is 2.34. The monoisotopic (exact) mass is 269 g/mol. The largest absolute Gasteiger partial charge is 0.347 e. The van der Waals surface area contributed by atoms with E-state index in [1.807, 2.05) is 0 Å². The summed E-state index contributed by atoms with van der Waals surface area (Å²) in [7, 11) is 2.18. The molecule has 2 rings (SSSR count). The maximum absolute atomic E-state index is 2.42. The Kier molecular flexibility index (Phi) is 3.58. The Hall–Kier alpha value is -1.50. The molecule has 0 amide bonds. The standard InChI is InChI=1S/C19H27N/c1-14(2)12-18(3,4)13-17-19(5,6)15-10-8-9-11-16(15)20(17)7/h8-13H,1-7H3/b17-13+. The highest BCUT2D eigenvalue weighted by molar-refractivity contribution is 5.69. The molecule has 1 nitrogen and oxygen atoms in total. The van der Waals surface area contributed by atoms with Crippen molar-refractivity contribution in [2.45, 2.75) is 47.0 Å². The highest BCUT2D eigenvalue weighted by atomic mass is 15.2.